The van der Waals surface area contributed by atoms with Gasteiger partial charge in [0.15, 0.2) is 5.69 Å². The first-order chi connectivity index (χ1) is 9.19. The van der Waals surface area contributed by atoms with Crippen LogP contribution >= 0.6 is 11.3 Å². The molecule has 0 aliphatic heterocycles. The second-order valence-corrected chi connectivity index (χ2v) is 4.55. The Labute approximate surface area is 113 Å². The number of carbonyl (C=O) groups is 1. The van der Waals surface area contributed by atoms with Crippen LogP contribution in [0.5, 0.6) is 0 Å². The monoisotopic (exact) mass is 280 g/mol. The molecule has 0 aliphatic rings. The molecule has 0 saturated heterocycles. The molecule has 100 valence electrons. The van der Waals surface area contributed by atoms with Gasteiger partial charge in [-0.15, -0.1) is 11.3 Å². The molecule has 0 atom stereocenters. The van der Waals surface area contributed by atoms with E-state index in [1.807, 2.05) is 5.38 Å². The first kappa shape index (κ1) is 13.4. The number of thiazole rings is 1. The normalized spacial score (nSPS) is 10.4. The highest BCUT2D eigenvalue weighted by atomic mass is 32.1. The van der Waals surface area contributed by atoms with E-state index in [0.29, 0.717) is 19.0 Å². The zero-order valence-electron chi connectivity index (χ0n) is 10.2. The largest absolute Gasteiger partial charge is 0.476 e. The fourth-order valence-corrected chi connectivity index (χ4v) is 2.09. The summed E-state index contributed by atoms with van der Waals surface area (Å²) in [6.45, 7) is 0.999. The van der Waals surface area contributed by atoms with Crippen LogP contribution in [-0.2, 0) is 17.9 Å². The van der Waals surface area contributed by atoms with E-state index in [1.54, 1.807) is 7.11 Å². The molecule has 0 saturated carbocycles. The van der Waals surface area contributed by atoms with Crippen molar-refractivity contribution in [2.24, 2.45) is 0 Å². The number of hydrogen-bond acceptors (Lipinski definition) is 7. The maximum Gasteiger partial charge on any atom is 0.356 e. The lowest BCUT2D eigenvalue weighted by Crippen LogP contribution is -2.05. The number of rotatable bonds is 6. The molecule has 2 rings (SSSR count). The molecule has 0 unspecified atom stereocenters. The van der Waals surface area contributed by atoms with E-state index in [0.717, 1.165) is 10.7 Å². The Morgan fingerprint density at radius 2 is 2.32 bits per heavy atom. The molecule has 0 radical (unpaired) electrons. The van der Waals surface area contributed by atoms with Gasteiger partial charge in [-0.1, -0.05) is 0 Å². The quantitative estimate of drug-likeness (QED) is 0.825. The maximum atomic E-state index is 10.6. The molecule has 0 aromatic carbocycles. The third-order valence-corrected chi connectivity index (χ3v) is 3.06. The minimum atomic E-state index is -1.09. The van der Waals surface area contributed by atoms with Gasteiger partial charge in [0.2, 0.25) is 0 Å². The predicted molar refractivity (Wildman–Crippen MR) is 69.1 cm³/mol. The van der Waals surface area contributed by atoms with Gasteiger partial charge in [-0.05, 0) is 0 Å². The Balaban J connectivity index is 1.92. The van der Waals surface area contributed by atoms with Crippen LogP contribution < -0.4 is 5.32 Å². The Hall–Kier alpha value is -2.06. The smallest absolute Gasteiger partial charge is 0.356 e. The number of nitrogens with zero attached hydrogens (tertiary/aromatic N) is 3. The Bertz CT molecular complexity index is 555. The standard InChI is InChI=1S/C11H12N4O3S/c1-18-5-10-15-7(6-19-10)2-13-9-4-12-8(3-14-9)11(16)17/h3-4,6H,2,5H2,1H3,(H,13,14)(H,16,17). The number of ether oxygens (including phenoxy) is 1. The molecule has 0 aliphatic carbocycles. The third-order valence-electron chi connectivity index (χ3n) is 2.19. The first-order valence-electron chi connectivity index (χ1n) is 5.40. The van der Waals surface area contributed by atoms with Gasteiger partial charge in [0.05, 0.1) is 31.2 Å². The Kier molecular flexibility index (Phi) is 4.37. The number of carboxylic acids is 1. The molecule has 2 aromatic heterocycles. The molecule has 19 heavy (non-hydrogen) atoms. The summed E-state index contributed by atoms with van der Waals surface area (Å²) in [4.78, 5) is 22.7. The predicted octanol–water partition coefficient (Wildman–Crippen LogP) is 1.39. The topological polar surface area (TPSA) is 97.2 Å². The van der Waals surface area contributed by atoms with Crippen molar-refractivity contribution in [2.75, 3.05) is 12.4 Å². The molecule has 0 spiro atoms. The fourth-order valence-electron chi connectivity index (χ4n) is 1.33. The van der Waals surface area contributed by atoms with Crippen LogP contribution in [0.1, 0.15) is 21.2 Å². The van der Waals surface area contributed by atoms with Gasteiger partial charge in [-0.25, -0.2) is 19.7 Å². The number of methoxy groups -OCH3 is 1. The molecular formula is C11H12N4O3S. The summed E-state index contributed by atoms with van der Waals surface area (Å²) < 4.78 is 4.99. The van der Waals surface area contributed by atoms with Crippen LogP contribution in [0, 0.1) is 0 Å². The lowest BCUT2D eigenvalue weighted by atomic mass is 10.4. The van der Waals surface area contributed by atoms with Crippen LogP contribution in [0.4, 0.5) is 5.82 Å². The second-order valence-electron chi connectivity index (χ2n) is 3.61. The molecule has 2 N–H and O–H groups in total. The van der Waals surface area contributed by atoms with E-state index in [2.05, 4.69) is 20.3 Å². The number of carboxylic acid groups (broad SMARTS) is 1. The summed E-state index contributed by atoms with van der Waals surface area (Å²) in [6.07, 6.45) is 2.59. The van der Waals surface area contributed by atoms with Gasteiger partial charge in [0.1, 0.15) is 10.8 Å². The van der Waals surface area contributed by atoms with Crippen molar-refractivity contribution in [1.82, 2.24) is 15.0 Å². The molecular weight excluding hydrogens is 268 g/mol. The Morgan fingerprint density at radius 3 is 2.95 bits per heavy atom. The highest BCUT2D eigenvalue weighted by Gasteiger charge is 2.05. The molecule has 2 aromatic rings. The minimum absolute atomic E-state index is 0.0819. The van der Waals surface area contributed by atoms with Gasteiger partial charge < -0.3 is 15.2 Å². The van der Waals surface area contributed by atoms with E-state index in [1.165, 1.54) is 23.7 Å². The highest BCUT2D eigenvalue weighted by Crippen LogP contribution is 2.12. The lowest BCUT2D eigenvalue weighted by Gasteiger charge is -2.02. The van der Waals surface area contributed by atoms with Crippen LogP contribution in [0.2, 0.25) is 0 Å². The van der Waals surface area contributed by atoms with Crippen molar-refractivity contribution in [2.45, 2.75) is 13.2 Å². The van der Waals surface area contributed by atoms with E-state index in [9.17, 15) is 4.79 Å². The summed E-state index contributed by atoms with van der Waals surface area (Å²) in [5.74, 6) is -0.589. The summed E-state index contributed by atoms with van der Waals surface area (Å²) in [5.41, 5.74) is 0.794. The first-order valence-corrected chi connectivity index (χ1v) is 6.28. The summed E-state index contributed by atoms with van der Waals surface area (Å²) >= 11 is 1.53. The molecule has 0 amide bonds. The van der Waals surface area contributed by atoms with Crippen LogP contribution in [0.3, 0.4) is 0 Å². The van der Waals surface area contributed by atoms with E-state index in [-0.39, 0.29) is 5.69 Å². The zero-order valence-corrected chi connectivity index (χ0v) is 11.0. The average Bonchev–Trinajstić information content (AvgIpc) is 2.85. The van der Waals surface area contributed by atoms with E-state index < -0.39 is 5.97 Å². The van der Waals surface area contributed by atoms with Gasteiger partial charge in [-0.2, -0.15) is 0 Å². The molecule has 2 heterocycles. The Morgan fingerprint density at radius 1 is 1.47 bits per heavy atom. The van der Waals surface area contributed by atoms with Crippen LogP contribution in [0.25, 0.3) is 0 Å². The minimum Gasteiger partial charge on any atom is -0.476 e. The van der Waals surface area contributed by atoms with E-state index >= 15 is 0 Å². The molecule has 7 nitrogen and oxygen atoms in total. The number of hydrogen-bond donors (Lipinski definition) is 2. The lowest BCUT2D eigenvalue weighted by molar-refractivity contribution is 0.0690. The number of anilines is 1. The van der Waals surface area contributed by atoms with Crippen molar-refractivity contribution < 1.29 is 14.6 Å². The number of aromatic carboxylic acids is 1. The van der Waals surface area contributed by atoms with Gasteiger partial charge in [0, 0.05) is 12.5 Å². The SMILES string of the molecule is COCc1nc(CNc2cnc(C(=O)O)cn2)cs1. The third kappa shape index (κ3) is 3.70. The zero-order chi connectivity index (χ0) is 13.7. The van der Waals surface area contributed by atoms with Crippen molar-refractivity contribution in [1.29, 1.82) is 0 Å². The van der Waals surface area contributed by atoms with Crippen molar-refractivity contribution in [3.05, 3.63) is 34.2 Å². The van der Waals surface area contributed by atoms with Crippen LogP contribution in [0.15, 0.2) is 17.8 Å². The number of aromatic nitrogens is 3. The van der Waals surface area contributed by atoms with Crippen molar-refractivity contribution in [3.8, 4) is 0 Å². The van der Waals surface area contributed by atoms with E-state index in [4.69, 9.17) is 9.84 Å². The second kappa shape index (κ2) is 6.21. The average molecular weight is 280 g/mol. The summed E-state index contributed by atoms with van der Waals surface area (Å²) in [5, 5.41) is 14.6. The van der Waals surface area contributed by atoms with Crippen molar-refractivity contribution in [3.63, 3.8) is 0 Å². The molecule has 8 heteroatoms. The van der Waals surface area contributed by atoms with Gasteiger partial charge in [0.25, 0.3) is 0 Å². The van der Waals surface area contributed by atoms with Gasteiger partial charge in [-0.3, -0.25) is 0 Å². The number of nitrogens with one attached hydrogen (secondary N) is 1. The fraction of sp³-hybridized carbons (Fsp3) is 0.273. The molecule has 0 bridgehead atoms. The van der Waals surface area contributed by atoms with Gasteiger partial charge >= 0.3 is 5.97 Å². The molecule has 0 fully saturated rings. The highest BCUT2D eigenvalue weighted by molar-refractivity contribution is 7.09. The maximum absolute atomic E-state index is 10.6. The summed E-state index contributed by atoms with van der Waals surface area (Å²) in [7, 11) is 1.62. The van der Waals surface area contributed by atoms with Crippen LogP contribution in [-0.4, -0.2) is 33.1 Å². The summed E-state index contributed by atoms with van der Waals surface area (Å²) in [6, 6.07) is 0. The van der Waals surface area contributed by atoms with Crippen molar-refractivity contribution >= 4 is 23.1 Å².